The molecule has 2 saturated heterocycles. The molecule has 2 aliphatic heterocycles. The molecule has 2 aliphatic rings. The summed E-state index contributed by atoms with van der Waals surface area (Å²) in [5.41, 5.74) is 0.931. The molecule has 2 fully saturated rings. The largest absolute Gasteiger partial charge is 0.414 e. The standard InChI is InChI=1S/C22H39IN2O5SSi2/c1-12(2)32(13(3)4)28-11-17-19(29-33(30-32,14(5)6)15(7)8)18(23)21(31-17)25-10-16(9)20(26)24-22(25)27/h10,12-15,17-19,21H,11H2,1-9H3,(H,24,26,27)/t17-,18-,19-,21-/m1/s1. The van der Waals surface area contributed by atoms with Crippen molar-refractivity contribution in [2.75, 3.05) is 6.61 Å². The number of fused-ring (bicyclic) bond motifs is 1. The van der Waals surface area contributed by atoms with Crippen LogP contribution < -0.4 is 11.2 Å². The second-order valence-corrected chi connectivity index (χ2v) is 22.2. The third kappa shape index (κ3) is 4.88. The predicted octanol–water partition coefficient (Wildman–Crippen LogP) is 5.22. The summed E-state index contributed by atoms with van der Waals surface area (Å²) in [6, 6.07) is 0. The molecule has 3 heterocycles. The van der Waals surface area contributed by atoms with Gasteiger partial charge in [0, 0.05) is 11.8 Å². The molecule has 188 valence electrons. The van der Waals surface area contributed by atoms with Crippen molar-refractivity contribution in [1.29, 1.82) is 0 Å². The molecule has 0 unspecified atom stereocenters. The summed E-state index contributed by atoms with van der Waals surface area (Å²) in [6.45, 7) is 20.1. The summed E-state index contributed by atoms with van der Waals surface area (Å²) >= 11 is 4.15. The highest BCUT2D eigenvalue weighted by Crippen LogP contribution is 2.53. The van der Waals surface area contributed by atoms with Crippen molar-refractivity contribution in [3.8, 4) is 0 Å². The number of nitrogens with zero attached hydrogens (tertiary/aromatic N) is 1. The lowest BCUT2D eigenvalue weighted by atomic mass is 10.2. The summed E-state index contributed by atoms with van der Waals surface area (Å²) in [5, 5.41) is -0.0563. The van der Waals surface area contributed by atoms with E-state index in [1.165, 1.54) is 0 Å². The lowest BCUT2D eigenvalue weighted by molar-refractivity contribution is 0.0756. The van der Waals surface area contributed by atoms with Gasteiger partial charge in [-0.05, 0) is 29.1 Å². The Balaban J connectivity index is 2.10. The highest BCUT2D eigenvalue weighted by Gasteiger charge is 2.61. The summed E-state index contributed by atoms with van der Waals surface area (Å²) < 4.78 is 23.0. The lowest BCUT2D eigenvalue weighted by Gasteiger charge is -2.51. The zero-order chi connectivity index (χ0) is 24.9. The van der Waals surface area contributed by atoms with Gasteiger partial charge < -0.3 is 13.0 Å². The minimum absolute atomic E-state index is 0.0319. The summed E-state index contributed by atoms with van der Waals surface area (Å²) in [5.74, 6) is 0. The van der Waals surface area contributed by atoms with Gasteiger partial charge in [-0.15, -0.1) is 11.8 Å². The maximum absolute atomic E-state index is 12.7. The summed E-state index contributed by atoms with van der Waals surface area (Å²) in [6.07, 6.45) is 1.58. The number of aromatic amines is 1. The van der Waals surface area contributed by atoms with Crippen LogP contribution in [0.15, 0.2) is 15.8 Å². The van der Waals surface area contributed by atoms with Crippen LogP contribution in [-0.2, 0) is 13.0 Å². The Morgan fingerprint density at radius 2 is 1.58 bits per heavy atom. The molecule has 33 heavy (non-hydrogen) atoms. The first-order chi connectivity index (χ1) is 15.3. The van der Waals surface area contributed by atoms with E-state index in [0.29, 0.717) is 23.3 Å². The molecule has 0 aliphatic carbocycles. The van der Waals surface area contributed by atoms with Gasteiger partial charge in [-0.1, -0.05) is 78.0 Å². The van der Waals surface area contributed by atoms with Crippen LogP contribution in [-0.4, -0.2) is 48.6 Å². The number of thioether (sulfide) groups is 1. The Kier molecular flexibility index (Phi) is 8.56. The number of aryl methyl sites for hydroxylation is 1. The molecular formula is C22H39IN2O5SSi2. The molecule has 0 amide bonds. The zero-order valence-electron chi connectivity index (χ0n) is 21.2. The van der Waals surface area contributed by atoms with Crippen LogP contribution in [0.5, 0.6) is 0 Å². The second-order valence-electron chi connectivity index (χ2n) is 10.5. The average Bonchev–Trinajstić information content (AvgIpc) is 2.98. The first-order valence-corrected chi connectivity index (χ1v) is 18.0. The number of alkyl halides is 1. The Hall–Kier alpha value is 0.0738. The maximum atomic E-state index is 12.7. The molecule has 1 aromatic rings. The summed E-state index contributed by atoms with van der Waals surface area (Å²) in [7, 11) is -5.29. The van der Waals surface area contributed by atoms with Crippen LogP contribution >= 0.6 is 34.4 Å². The number of H-pyrrole nitrogens is 1. The van der Waals surface area contributed by atoms with E-state index in [1.807, 2.05) is 0 Å². The van der Waals surface area contributed by atoms with E-state index in [1.54, 1.807) is 29.4 Å². The van der Waals surface area contributed by atoms with Crippen LogP contribution in [0.1, 0.15) is 66.3 Å². The Morgan fingerprint density at radius 3 is 2.09 bits per heavy atom. The van der Waals surface area contributed by atoms with Gasteiger partial charge >= 0.3 is 22.8 Å². The maximum Gasteiger partial charge on any atom is 0.335 e. The number of halogens is 1. The van der Waals surface area contributed by atoms with E-state index < -0.39 is 17.1 Å². The van der Waals surface area contributed by atoms with Crippen molar-refractivity contribution in [2.45, 2.75) is 105 Å². The number of hydrogen-bond acceptors (Lipinski definition) is 6. The molecule has 4 atom stereocenters. The number of aromatic nitrogens is 2. The topological polar surface area (TPSA) is 82.6 Å². The summed E-state index contributed by atoms with van der Waals surface area (Å²) in [4.78, 5) is 27.1. The molecule has 0 saturated carbocycles. The van der Waals surface area contributed by atoms with E-state index in [0.717, 1.165) is 0 Å². The Morgan fingerprint density at radius 1 is 1.03 bits per heavy atom. The van der Waals surface area contributed by atoms with Gasteiger partial charge in [0.1, 0.15) is 0 Å². The minimum atomic E-state index is -2.70. The van der Waals surface area contributed by atoms with Crippen LogP contribution in [0.2, 0.25) is 22.2 Å². The van der Waals surface area contributed by atoms with Crippen molar-refractivity contribution in [3.05, 3.63) is 32.6 Å². The Labute approximate surface area is 217 Å². The van der Waals surface area contributed by atoms with Gasteiger partial charge in [0.05, 0.1) is 27.3 Å². The van der Waals surface area contributed by atoms with E-state index in [-0.39, 0.29) is 43.0 Å². The molecule has 1 aromatic heterocycles. The fourth-order valence-corrected chi connectivity index (χ4v) is 20.1. The zero-order valence-corrected chi connectivity index (χ0v) is 26.2. The van der Waals surface area contributed by atoms with Gasteiger partial charge in [0.25, 0.3) is 5.56 Å². The quantitative estimate of drug-likeness (QED) is 0.274. The van der Waals surface area contributed by atoms with Crippen molar-refractivity contribution in [1.82, 2.24) is 9.55 Å². The predicted molar refractivity (Wildman–Crippen MR) is 148 cm³/mol. The number of rotatable bonds is 5. The third-order valence-corrected chi connectivity index (χ3v) is 20.7. The van der Waals surface area contributed by atoms with Gasteiger partial charge in [-0.3, -0.25) is 14.3 Å². The van der Waals surface area contributed by atoms with E-state index in [4.69, 9.17) is 13.0 Å². The van der Waals surface area contributed by atoms with E-state index >= 15 is 0 Å². The van der Waals surface area contributed by atoms with E-state index in [2.05, 4.69) is 83.0 Å². The van der Waals surface area contributed by atoms with Crippen LogP contribution in [0.4, 0.5) is 0 Å². The number of hydrogen-bond donors (Lipinski definition) is 1. The highest BCUT2D eigenvalue weighted by molar-refractivity contribution is 14.1. The average molecular weight is 627 g/mol. The molecular weight excluding hydrogens is 587 g/mol. The Bertz CT molecular complexity index is 951. The fraction of sp³-hybridized carbons (Fsp3) is 0.818. The van der Waals surface area contributed by atoms with Gasteiger partial charge in [0.2, 0.25) is 0 Å². The van der Waals surface area contributed by atoms with E-state index in [9.17, 15) is 9.59 Å². The van der Waals surface area contributed by atoms with Crippen LogP contribution in [0.3, 0.4) is 0 Å². The first-order valence-electron chi connectivity index (χ1n) is 11.9. The normalized spacial score (nSPS) is 29.5. The monoisotopic (exact) mass is 626 g/mol. The van der Waals surface area contributed by atoms with Crippen molar-refractivity contribution < 1.29 is 13.0 Å². The molecule has 3 rings (SSSR count). The molecule has 1 N–H and O–H groups in total. The second kappa shape index (κ2) is 10.2. The third-order valence-electron chi connectivity index (χ3n) is 7.02. The number of nitrogens with one attached hydrogen (secondary N) is 1. The molecule has 0 bridgehead atoms. The van der Waals surface area contributed by atoms with Crippen molar-refractivity contribution in [2.24, 2.45) is 0 Å². The smallest absolute Gasteiger partial charge is 0.335 e. The fourth-order valence-electron chi connectivity index (χ4n) is 5.11. The molecule has 0 spiro atoms. The molecule has 11 heteroatoms. The van der Waals surface area contributed by atoms with Crippen LogP contribution in [0, 0.1) is 6.92 Å². The van der Waals surface area contributed by atoms with Gasteiger partial charge in [0.15, 0.2) is 0 Å². The minimum Gasteiger partial charge on any atom is -0.414 e. The first kappa shape index (κ1) is 27.7. The SMILES string of the molecule is Cc1cn([C@@H]2S[C@@H]3CO[Si](C(C)C)(C(C)C)O[Si](C(C)C)(C(C)C)O[C@H]3[C@H]2I)c(=O)[nH]c1=O. The highest BCUT2D eigenvalue weighted by atomic mass is 127. The molecule has 0 aromatic carbocycles. The van der Waals surface area contributed by atoms with Crippen molar-refractivity contribution in [3.63, 3.8) is 0 Å². The molecule has 7 nitrogen and oxygen atoms in total. The molecule has 0 radical (unpaired) electrons. The lowest BCUT2D eigenvalue weighted by Crippen LogP contribution is -2.65. The van der Waals surface area contributed by atoms with Crippen molar-refractivity contribution >= 4 is 51.5 Å². The van der Waals surface area contributed by atoms with Gasteiger partial charge in [-0.2, -0.15) is 0 Å². The van der Waals surface area contributed by atoms with Gasteiger partial charge in [-0.25, -0.2) is 4.79 Å². The van der Waals surface area contributed by atoms with Crippen LogP contribution in [0.25, 0.3) is 0 Å².